The van der Waals surface area contributed by atoms with E-state index in [9.17, 15) is 18.0 Å². The maximum Gasteiger partial charge on any atom is 0.416 e. The Hall–Kier alpha value is -1.56. The molecule has 0 aromatic heterocycles. The fourth-order valence-corrected chi connectivity index (χ4v) is 1.64. The second kappa shape index (κ2) is 4.97. The van der Waals surface area contributed by atoms with E-state index in [1.54, 1.807) is 0 Å². The molecule has 1 aromatic rings. The van der Waals surface area contributed by atoms with Crippen LogP contribution in [0.1, 0.15) is 17.5 Å². The number of carbonyl (C=O) groups excluding carboxylic acids is 1. The lowest BCUT2D eigenvalue weighted by Crippen LogP contribution is -2.52. The zero-order chi connectivity index (χ0) is 13.2. The summed E-state index contributed by atoms with van der Waals surface area (Å²) in [6.07, 6.45) is -3.52. The van der Waals surface area contributed by atoms with Gasteiger partial charge in [-0.15, -0.1) is 0 Å². The molecule has 0 saturated carbocycles. The Morgan fingerprint density at radius 3 is 2.39 bits per heavy atom. The van der Waals surface area contributed by atoms with E-state index in [1.807, 2.05) is 0 Å². The minimum Gasteiger partial charge on any atom is -0.351 e. The van der Waals surface area contributed by atoms with Gasteiger partial charge in [0.15, 0.2) is 0 Å². The monoisotopic (exact) mass is 258 g/mol. The first-order valence-corrected chi connectivity index (χ1v) is 5.64. The summed E-state index contributed by atoms with van der Waals surface area (Å²) < 4.78 is 36.9. The van der Waals surface area contributed by atoms with Gasteiger partial charge < -0.3 is 10.6 Å². The summed E-state index contributed by atoms with van der Waals surface area (Å²) in [5.41, 5.74) is -0.0334. The van der Waals surface area contributed by atoms with Crippen molar-refractivity contribution in [3.63, 3.8) is 0 Å². The third-order valence-electron chi connectivity index (χ3n) is 2.89. The molecule has 1 aliphatic rings. The average molecular weight is 258 g/mol. The number of carbonyl (C=O) groups is 1. The van der Waals surface area contributed by atoms with Crippen LogP contribution in [0.4, 0.5) is 13.2 Å². The fraction of sp³-hybridized carbons (Fsp3) is 0.417. The number of nitrogens with one attached hydrogen (secondary N) is 2. The summed E-state index contributed by atoms with van der Waals surface area (Å²) in [7, 11) is 0. The molecule has 3 nitrogen and oxygen atoms in total. The number of amides is 1. The first kappa shape index (κ1) is 12.9. The minimum absolute atomic E-state index is 0.110. The molecule has 18 heavy (non-hydrogen) atoms. The van der Waals surface area contributed by atoms with E-state index in [0.717, 1.165) is 25.1 Å². The highest BCUT2D eigenvalue weighted by molar-refractivity contribution is 5.82. The molecule has 0 spiro atoms. The molecule has 2 rings (SSSR count). The van der Waals surface area contributed by atoms with Crippen LogP contribution >= 0.6 is 0 Å². The lowest BCUT2D eigenvalue weighted by Gasteiger charge is -2.26. The molecule has 6 heteroatoms. The highest BCUT2D eigenvalue weighted by Gasteiger charge is 2.30. The largest absolute Gasteiger partial charge is 0.416 e. The summed E-state index contributed by atoms with van der Waals surface area (Å²) in [5, 5.41) is 5.63. The van der Waals surface area contributed by atoms with Gasteiger partial charge in [0.1, 0.15) is 0 Å². The van der Waals surface area contributed by atoms with Crippen molar-refractivity contribution in [2.24, 2.45) is 0 Å². The summed E-state index contributed by atoms with van der Waals surface area (Å²) in [6, 6.07) is 4.63. The topological polar surface area (TPSA) is 41.1 Å². The molecule has 1 amide bonds. The predicted octanol–water partition coefficient (Wildman–Crippen LogP) is 1.68. The van der Waals surface area contributed by atoms with Crippen LogP contribution in [0.3, 0.4) is 0 Å². The van der Waals surface area contributed by atoms with Gasteiger partial charge in [0.2, 0.25) is 5.91 Å². The molecule has 0 bridgehead atoms. The van der Waals surface area contributed by atoms with Crippen molar-refractivity contribution in [1.82, 2.24) is 10.6 Å². The van der Waals surface area contributed by atoms with Crippen molar-refractivity contribution in [2.75, 3.05) is 6.54 Å². The van der Waals surface area contributed by atoms with E-state index < -0.39 is 11.7 Å². The quantitative estimate of drug-likeness (QED) is 0.866. The Bertz CT molecular complexity index is 424. The third kappa shape index (κ3) is 3.01. The van der Waals surface area contributed by atoms with Crippen LogP contribution in [0, 0.1) is 0 Å². The highest BCUT2D eigenvalue weighted by atomic mass is 19.4. The van der Waals surface area contributed by atoms with Crippen molar-refractivity contribution >= 4 is 5.91 Å². The van der Waals surface area contributed by atoms with Crippen LogP contribution in [0.5, 0.6) is 0 Å². The predicted molar refractivity (Wildman–Crippen MR) is 59.7 cm³/mol. The van der Waals surface area contributed by atoms with Gasteiger partial charge in [0.05, 0.1) is 11.6 Å². The maximum absolute atomic E-state index is 12.3. The van der Waals surface area contributed by atoms with Crippen LogP contribution in [0.25, 0.3) is 0 Å². The van der Waals surface area contributed by atoms with Crippen molar-refractivity contribution in [3.05, 3.63) is 35.4 Å². The number of rotatable bonds is 3. The van der Waals surface area contributed by atoms with Gasteiger partial charge in [-0.2, -0.15) is 13.2 Å². The minimum atomic E-state index is -4.32. The number of hydrogen-bond acceptors (Lipinski definition) is 2. The van der Waals surface area contributed by atoms with E-state index in [1.165, 1.54) is 12.1 Å². The van der Waals surface area contributed by atoms with E-state index in [4.69, 9.17) is 0 Å². The molecule has 98 valence electrons. The Labute approximate surface area is 102 Å². The zero-order valence-electron chi connectivity index (χ0n) is 9.55. The second-order valence-corrected chi connectivity index (χ2v) is 4.21. The maximum atomic E-state index is 12.3. The second-order valence-electron chi connectivity index (χ2n) is 4.21. The standard InChI is InChI=1S/C12H13F3N2O/c13-12(14,15)9-3-1-8(2-4-9)7-17-11(18)10-5-6-16-10/h1-4,10,16H,5-7H2,(H,17,18). The van der Waals surface area contributed by atoms with Gasteiger partial charge in [-0.25, -0.2) is 0 Å². The molecule has 1 saturated heterocycles. The molecule has 1 aromatic carbocycles. The number of halogens is 3. The van der Waals surface area contributed by atoms with Crippen LogP contribution in [0.15, 0.2) is 24.3 Å². The van der Waals surface area contributed by atoms with Gasteiger partial charge in [0, 0.05) is 6.54 Å². The van der Waals surface area contributed by atoms with E-state index in [2.05, 4.69) is 10.6 Å². The number of hydrogen-bond donors (Lipinski definition) is 2. The Balaban J connectivity index is 1.88. The summed E-state index contributed by atoms with van der Waals surface area (Å²) in [4.78, 5) is 11.5. The molecule has 1 unspecified atom stereocenters. The SMILES string of the molecule is O=C(NCc1ccc(C(F)(F)F)cc1)C1CCN1. The lowest BCUT2D eigenvalue weighted by atomic mass is 10.1. The fourth-order valence-electron chi connectivity index (χ4n) is 1.64. The smallest absolute Gasteiger partial charge is 0.351 e. The van der Waals surface area contributed by atoms with Gasteiger partial charge in [0.25, 0.3) is 0 Å². The summed E-state index contributed by atoms with van der Waals surface area (Å²) in [6.45, 7) is 1.08. The van der Waals surface area contributed by atoms with Gasteiger partial charge in [-0.3, -0.25) is 4.79 Å². The van der Waals surface area contributed by atoms with Crippen molar-refractivity contribution in [1.29, 1.82) is 0 Å². The summed E-state index contributed by atoms with van der Waals surface area (Å²) in [5.74, 6) is -0.110. The Morgan fingerprint density at radius 2 is 1.94 bits per heavy atom. The lowest BCUT2D eigenvalue weighted by molar-refractivity contribution is -0.137. The van der Waals surface area contributed by atoms with E-state index >= 15 is 0 Å². The molecule has 1 aliphatic heterocycles. The average Bonchev–Trinajstić information content (AvgIpc) is 2.23. The molecule has 0 aliphatic carbocycles. The van der Waals surface area contributed by atoms with E-state index in [0.29, 0.717) is 5.56 Å². The van der Waals surface area contributed by atoms with Crippen LogP contribution in [-0.2, 0) is 17.5 Å². The van der Waals surface area contributed by atoms with Gasteiger partial charge in [-0.1, -0.05) is 12.1 Å². The molecule has 1 heterocycles. The normalized spacial score (nSPS) is 19.2. The van der Waals surface area contributed by atoms with Crippen molar-refractivity contribution in [3.8, 4) is 0 Å². The first-order chi connectivity index (χ1) is 8.47. The molecule has 1 atom stereocenters. The number of benzene rings is 1. The zero-order valence-corrected chi connectivity index (χ0v) is 9.55. The molecular formula is C12H13F3N2O. The first-order valence-electron chi connectivity index (χ1n) is 5.64. The molecular weight excluding hydrogens is 245 g/mol. The van der Waals surface area contributed by atoms with Crippen molar-refractivity contribution in [2.45, 2.75) is 25.2 Å². The third-order valence-corrected chi connectivity index (χ3v) is 2.89. The molecule has 0 radical (unpaired) electrons. The Morgan fingerprint density at radius 1 is 1.33 bits per heavy atom. The van der Waals surface area contributed by atoms with Gasteiger partial charge in [-0.05, 0) is 30.7 Å². The molecule has 2 N–H and O–H groups in total. The molecule has 1 fully saturated rings. The Kier molecular flexibility index (Phi) is 3.56. The van der Waals surface area contributed by atoms with Crippen LogP contribution in [0.2, 0.25) is 0 Å². The van der Waals surface area contributed by atoms with Crippen LogP contribution < -0.4 is 10.6 Å². The number of alkyl halides is 3. The summed E-state index contributed by atoms with van der Waals surface area (Å²) >= 11 is 0. The highest BCUT2D eigenvalue weighted by Crippen LogP contribution is 2.29. The van der Waals surface area contributed by atoms with Gasteiger partial charge >= 0.3 is 6.18 Å². The van der Waals surface area contributed by atoms with Crippen molar-refractivity contribution < 1.29 is 18.0 Å². The van der Waals surface area contributed by atoms with E-state index in [-0.39, 0.29) is 18.5 Å². The van der Waals surface area contributed by atoms with Crippen LogP contribution in [-0.4, -0.2) is 18.5 Å².